The highest BCUT2D eigenvalue weighted by atomic mass is 35.5. The Morgan fingerprint density at radius 1 is 1.03 bits per heavy atom. The molecule has 0 heterocycles. The number of esters is 1. The average molecular weight is 502 g/mol. The van der Waals surface area contributed by atoms with Crippen LogP contribution >= 0.6 is 58.0 Å². The summed E-state index contributed by atoms with van der Waals surface area (Å²) in [5.74, 6) is -0.690. The molecule has 0 fully saturated rings. The van der Waals surface area contributed by atoms with Gasteiger partial charge in [-0.1, -0.05) is 64.1 Å². The van der Waals surface area contributed by atoms with E-state index in [9.17, 15) is 14.9 Å². The fraction of sp³-hybridized carbons (Fsp3) is 0.118. The minimum Gasteiger partial charge on any atom is -0.493 e. The van der Waals surface area contributed by atoms with Gasteiger partial charge in [-0.15, -0.1) is 0 Å². The largest absolute Gasteiger partial charge is 0.493 e. The van der Waals surface area contributed by atoms with Crippen LogP contribution in [0.5, 0.6) is 17.2 Å². The van der Waals surface area contributed by atoms with Gasteiger partial charge in [0.2, 0.25) is 6.20 Å². The van der Waals surface area contributed by atoms with Gasteiger partial charge in [0.1, 0.15) is 10.0 Å². The van der Waals surface area contributed by atoms with Gasteiger partial charge < -0.3 is 14.2 Å². The molecule has 0 spiro atoms. The highest BCUT2D eigenvalue weighted by Crippen LogP contribution is 2.48. The average Bonchev–Trinajstić information content (AvgIpc) is 2.69. The van der Waals surface area contributed by atoms with Crippen molar-refractivity contribution in [2.75, 3.05) is 13.7 Å². The van der Waals surface area contributed by atoms with Gasteiger partial charge in [0.05, 0.1) is 27.1 Å². The highest BCUT2D eigenvalue weighted by molar-refractivity contribution is 6.55. The number of nitrogens with zero attached hydrogens (tertiary/aromatic N) is 1. The second kappa shape index (κ2) is 10.2. The molecular weight excluding hydrogens is 491 g/mol. The number of benzene rings is 2. The van der Waals surface area contributed by atoms with E-state index >= 15 is 0 Å². The van der Waals surface area contributed by atoms with Crippen molar-refractivity contribution in [1.82, 2.24) is 0 Å². The van der Waals surface area contributed by atoms with Gasteiger partial charge >= 0.3 is 5.97 Å². The molecule has 2 aromatic carbocycles. The van der Waals surface area contributed by atoms with Crippen LogP contribution in [0.2, 0.25) is 25.1 Å². The molecule has 0 aromatic heterocycles. The second-order valence-electron chi connectivity index (χ2n) is 5.17. The molecule has 0 aliphatic heterocycles. The number of carbonyl (C=O) groups is 1. The summed E-state index contributed by atoms with van der Waals surface area (Å²) in [4.78, 5) is 21.9. The van der Waals surface area contributed by atoms with E-state index in [1.807, 2.05) is 0 Å². The van der Waals surface area contributed by atoms with Crippen LogP contribution in [0.1, 0.15) is 5.56 Å². The molecule has 0 amide bonds. The summed E-state index contributed by atoms with van der Waals surface area (Å²) in [6.07, 6.45) is 2.03. The minimum absolute atomic E-state index is 0.0470. The number of hydrogen-bond donors (Lipinski definition) is 0. The van der Waals surface area contributed by atoms with Crippen LogP contribution < -0.4 is 14.2 Å². The summed E-state index contributed by atoms with van der Waals surface area (Å²) in [5, 5.41) is 9.97. The lowest BCUT2D eigenvalue weighted by Crippen LogP contribution is -2.18. The molecule has 0 saturated heterocycles. The molecule has 0 aliphatic rings. The predicted octanol–water partition coefficient (Wildman–Crippen LogP) is 6.19. The van der Waals surface area contributed by atoms with Crippen molar-refractivity contribution in [3.8, 4) is 17.2 Å². The first kappa shape index (κ1) is 23.4. The van der Waals surface area contributed by atoms with Gasteiger partial charge in [-0.2, -0.15) is 0 Å². The Hall–Kier alpha value is -1.90. The topological polar surface area (TPSA) is 87.9 Å². The quantitative estimate of drug-likeness (QED) is 0.112. The van der Waals surface area contributed by atoms with Crippen LogP contribution in [0.3, 0.4) is 0 Å². The van der Waals surface area contributed by atoms with Crippen molar-refractivity contribution in [3.63, 3.8) is 0 Å². The Labute approximate surface area is 189 Å². The van der Waals surface area contributed by atoms with E-state index in [0.29, 0.717) is 5.56 Å². The third kappa shape index (κ3) is 5.81. The molecule has 0 bridgehead atoms. The van der Waals surface area contributed by atoms with Gasteiger partial charge in [0, 0.05) is 6.08 Å². The molecule has 0 atom stereocenters. The predicted molar refractivity (Wildman–Crippen MR) is 112 cm³/mol. The molecule has 0 radical (unpaired) electrons. The van der Waals surface area contributed by atoms with E-state index in [-0.39, 0.29) is 42.4 Å². The molecule has 7 nitrogen and oxygen atoms in total. The number of methoxy groups -OCH3 is 1. The maximum absolute atomic E-state index is 12.1. The third-order valence-corrected chi connectivity index (χ3v) is 5.55. The number of nitro groups is 1. The molecule has 29 heavy (non-hydrogen) atoms. The molecule has 2 aromatic rings. The Balaban J connectivity index is 2.13. The number of halogens is 5. The summed E-state index contributed by atoms with van der Waals surface area (Å²) in [6, 6.07) is 4.36. The maximum atomic E-state index is 12.1. The Morgan fingerprint density at radius 3 is 2.17 bits per heavy atom. The zero-order valence-corrected chi connectivity index (χ0v) is 18.2. The molecule has 0 N–H and O–H groups in total. The van der Waals surface area contributed by atoms with E-state index in [4.69, 9.17) is 72.2 Å². The van der Waals surface area contributed by atoms with Crippen LogP contribution in [0.15, 0.2) is 24.4 Å². The van der Waals surface area contributed by atoms with Crippen molar-refractivity contribution in [1.29, 1.82) is 0 Å². The first-order valence-electron chi connectivity index (χ1n) is 7.50. The van der Waals surface area contributed by atoms with E-state index in [1.165, 1.54) is 31.4 Å². The van der Waals surface area contributed by atoms with Crippen LogP contribution in [0.25, 0.3) is 6.08 Å². The van der Waals surface area contributed by atoms with Crippen LogP contribution in [0.4, 0.5) is 0 Å². The number of rotatable bonds is 7. The summed E-state index contributed by atoms with van der Waals surface area (Å²) in [7, 11) is 1.35. The van der Waals surface area contributed by atoms with Gasteiger partial charge in [0.15, 0.2) is 23.9 Å². The lowest BCUT2D eigenvalue weighted by atomic mass is 10.2. The summed E-state index contributed by atoms with van der Waals surface area (Å²) in [6.45, 7) is -0.583. The summed E-state index contributed by atoms with van der Waals surface area (Å²) in [5.41, 5.74) is 0.471. The summed E-state index contributed by atoms with van der Waals surface area (Å²) >= 11 is 29.8. The van der Waals surface area contributed by atoms with E-state index in [0.717, 1.165) is 6.20 Å². The Morgan fingerprint density at radius 2 is 1.62 bits per heavy atom. The molecule has 0 aliphatic carbocycles. The maximum Gasteiger partial charge on any atom is 0.349 e. The molecule has 12 heteroatoms. The minimum atomic E-state index is -0.814. The van der Waals surface area contributed by atoms with Crippen molar-refractivity contribution in [2.45, 2.75) is 0 Å². The SMILES string of the molecule is COc1cc(/C=C/[N+](=O)[O-])ccc1OC(=O)COc1c(Cl)c(Cl)c(Cl)c(Cl)c1Cl. The molecule has 0 saturated carbocycles. The van der Waals surface area contributed by atoms with Crippen LogP contribution in [0, 0.1) is 10.1 Å². The van der Waals surface area contributed by atoms with Gasteiger partial charge in [-0.25, -0.2) is 4.79 Å². The molecule has 0 unspecified atom stereocenters. The van der Waals surface area contributed by atoms with E-state index < -0.39 is 17.5 Å². The zero-order chi connectivity index (χ0) is 21.7. The molecule has 2 rings (SSSR count). The third-order valence-electron chi connectivity index (χ3n) is 3.30. The fourth-order valence-electron chi connectivity index (χ4n) is 2.01. The Bertz CT molecular complexity index is 966. The van der Waals surface area contributed by atoms with E-state index in [2.05, 4.69) is 0 Å². The molecular formula is C17H10Cl5NO6. The number of ether oxygens (including phenoxy) is 3. The fourth-order valence-corrected chi connectivity index (χ4v) is 3.24. The monoisotopic (exact) mass is 499 g/mol. The van der Waals surface area contributed by atoms with Crippen molar-refractivity contribution < 1.29 is 23.9 Å². The van der Waals surface area contributed by atoms with Gasteiger partial charge in [0.25, 0.3) is 0 Å². The van der Waals surface area contributed by atoms with Crippen molar-refractivity contribution in [2.24, 2.45) is 0 Å². The van der Waals surface area contributed by atoms with Gasteiger partial charge in [-0.05, 0) is 17.7 Å². The highest BCUT2D eigenvalue weighted by Gasteiger charge is 2.22. The second-order valence-corrected chi connectivity index (χ2v) is 7.06. The van der Waals surface area contributed by atoms with Gasteiger partial charge in [-0.3, -0.25) is 10.1 Å². The first-order valence-corrected chi connectivity index (χ1v) is 9.39. The summed E-state index contributed by atoms with van der Waals surface area (Å²) < 4.78 is 15.6. The number of hydrogen-bond acceptors (Lipinski definition) is 6. The van der Waals surface area contributed by atoms with Crippen molar-refractivity contribution in [3.05, 3.63) is 65.2 Å². The lowest BCUT2D eigenvalue weighted by Gasteiger charge is -2.14. The van der Waals surface area contributed by atoms with Crippen molar-refractivity contribution >= 4 is 70.1 Å². The lowest BCUT2D eigenvalue weighted by molar-refractivity contribution is -0.400. The first-order chi connectivity index (χ1) is 13.6. The normalized spacial score (nSPS) is 10.8. The zero-order valence-electron chi connectivity index (χ0n) is 14.4. The molecule has 154 valence electrons. The standard InChI is InChI=1S/C17H10Cl5NO6/c1-27-10-6-8(4-5-23(25)26)2-3-9(10)29-11(24)7-28-17-15(21)13(19)12(18)14(20)16(17)22/h2-6H,7H2,1H3/b5-4+. The van der Waals surface area contributed by atoms with Crippen LogP contribution in [-0.4, -0.2) is 24.6 Å². The Kier molecular flexibility index (Phi) is 8.24. The van der Waals surface area contributed by atoms with Crippen LogP contribution in [-0.2, 0) is 4.79 Å². The smallest absolute Gasteiger partial charge is 0.349 e. The van der Waals surface area contributed by atoms with E-state index in [1.54, 1.807) is 0 Å². The number of carbonyl (C=O) groups excluding carboxylic acids is 1.